The van der Waals surface area contributed by atoms with E-state index in [0.717, 1.165) is 4.57 Å². The Bertz CT molecular complexity index is 1090. The average Bonchev–Trinajstić information content (AvgIpc) is 2.98. The maximum absolute atomic E-state index is 12.4. The van der Waals surface area contributed by atoms with E-state index in [0.29, 0.717) is 23.6 Å². The highest BCUT2D eigenvalue weighted by Gasteiger charge is 2.17. The van der Waals surface area contributed by atoms with Crippen molar-refractivity contribution >= 4 is 23.3 Å². The number of imidazole rings is 1. The van der Waals surface area contributed by atoms with Crippen molar-refractivity contribution < 1.29 is 5.11 Å². The van der Waals surface area contributed by atoms with Crippen LogP contribution in [-0.4, -0.2) is 30.0 Å². The molecule has 2 N–H and O–H groups in total. The van der Waals surface area contributed by atoms with Gasteiger partial charge in [0.15, 0.2) is 11.2 Å². The van der Waals surface area contributed by atoms with E-state index < -0.39 is 11.2 Å². The van der Waals surface area contributed by atoms with Crippen LogP contribution in [0.15, 0.2) is 39.0 Å². The molecule has 0 atom stereocenters. The van der Waals surface area contributed by atoms with Crippen LogP contribution in [-0.2, 0) is 20.6 Å². The molecule has 25 heavy (non-hydrogen) atoms. The van der Waals surface area contributed by atoms with Gasteiger partial charge in [-0.1, -0.05) is 12.1 Å². The highest BCUT2D eigenvalue weighted by Crippen LogP contribution is 2.16. The number of anilines is 1. The van der Waals surface area contributed by atoms with Crippen molar-refractivity contribution in [3.05, 3.63) is 50.7 Å². The zero-order valence-electron chi connectivity index (χ0n) is 14.1. The Morgan fingerprint density at radius 3 is 2.64 bits per heavy atom. The number of nitrogens with one attached hydrogen (secondary N) is 1. The van der Waals surface area contributed by atoms with Gasteiger partial charge in [-0.25, -0.2) is 10.2 Å². The monoisotopic (exact) mass is 342 g/mol. The molecule has 9 heteroatoms. The zero-order valence-corrected chi connectivity index (χ0v) is 14.1. The number of rotatable bonds is 4. The van der Waals surface area contributed by atoms with Gasteiger partial charge in [0.1, 0.15) is 5.75 Å². The predicted molar refractivity (Wildman–Crippen MR) is 95.2 cm³/mol. The first kappa shape index (κ1) is 16.5. The summed E-state index contributed by atoms with van der Waals surface area (Å²) in [5.74, 6) is 0.441. The largest absolute Gasteiger partial charge is 0.507 e. The molecular formula is C16H18N6O3. The molecule has 0 saturated heterocycles. The quantitative estimate of drug-likeness (QED) is 0.533. The van der Waals surface area contributed by atoms with Crippen molar-refractivity contribution in [3.63, 3.8) is 0 Å². The van der Waals surface area contributed by atoms with Crippen LogP contribution in [0.1, 0.15) is 12.5 Å². The molecule has 0 aliphatic carbocycles. The third-order valence-corrected chi connectivity index (χ3v) is 3.97. The molecule has 0 amide bonds. The summed E-state index contributed by atoms with van der Waals surface area (Å²) in [6.07, 6.45) is 1.45. The van der Waals surface area contributed by atoms with Gasteiger partial charge >= 0.3 is 5.69 Å². The van der Waals surface area contributed by atoms with Gasteiger partial charge in [-0.15, -0.1) is 0 Å². The lowest BCUT2D eigenvalue weighted by Gasteiger charge is -2.06. The van der Waals surface area contributed by atoms with E-state index >= 15 is 0 Å². The Balaban J connectivity index is 2.07. The van der Waals surface area contributed by atoms with E-state index in [2.05, 4.69) is 15.5 Å². The van der Waals surface area contributed by atoms with Crippen LogP contribution in [0.4, 0.5) is 5.95 Å². The van der Waals surface area contributed by atoms with Gasteiger partial charge < -0.3 is 9.67 Å². The molecule has 0 saturated carbocycles. The molecule has 0 fully saturated rings. The van der Waals surface area contributed by atoms with Crippen LogP contribution in [0, 0.1) is 0 Å². The molecule has 2 heterocycles. The fourth-order valence-electron chi connectivity index (χ4n) is 2.60. The number of nitrogens with zero attached hydrogens (tertiary/aromatic N) is 5. The normalized spacial score (nSPS) is 11.5. The number of phenols is 1. The first-order valence-corrected chi connectivity index (χ1v) is 7.69. The standard InChI is InChI=1S/C16H18N6O3/c1-4-22-12-13(20(2)16(25)21(3)14(12)24)18-15(22)19-17-9-10-7-5-6-8-11(10)23/h5-9,23H,4H2,1-3H3,(H,18,19). The molecule has 3 aromatic rings. The number of benzene rings is 1. The molecule has 0 bridgehead atoms. The molecule has 0 aliphatic rings. The zero-order chi connectivity index (χ0) is 18.1. The van der Waals surface area contributed by atoms with Crippen LogP contribution in [0.3, 0.4) is 0 Å². The van der Waals surface area contributed by atoms with Gasteiger partial charge in [0, 0.05) is 26.2 Å². The molecular weight excluding hydrogens is 324 g/mol. The molecule has 2 aromatic heterocycles. The van der Waals surface area contributed by atoms with Crippen molar-refractivity contribution in [3.8, 4) is 5.75 Å². The maximum atomic E-state index is 12.4. The van der Waals surface area contributed by atoms with Gasteiger partial charge in [0.05, 0.1) is 6.21 Å². The second-order valence-corrected chi connectivity index (χ2v) is 5.49. The second-order valence-electron chi connectivity index (χ2n) is 5.49. The molecule has 0 spiro atoms. The van der Waals surface area contributed by atoms with E-state index in [9.17, 15) is 14.7 Å². The average molecular weight is 342 g/mol. The Morgan fingerprint density at radius 1 is 1.24 bits per heavy atom. The molecule has 3 rings (SSSR count). The van der Waals surface area contributed by atoms with Crippen LogP contribution in [0.25, 0.3) is 11.2 Å². The number of aromatic nitrogens is 4. The van der Waals surface area contributed by atoms with Crippen molar-refractivity contribution in [2.24, 2.45) is 19.2 Å². The first-order chi connectivity index (χ1) is 12.0. The molecule has 9 nitrogen and oxygen atoms in total. The fraction of sp³-hybridized carbons (Fsp3) is 0.250. The minimum absolute atomic E-state index is 0.105. The Kier molecular flexibility index (Phi) is 4.14. The summed E-state index contributed by atoms with van der Waals surface area (Å²) in [5.41, 5.74) is 3.07. The first-order valence-electron chi connectivity index (χ1n) is 7.69. The lowest BCUT2D eigenvalue weighted by Crippen LogP contribution is -2.37. The van der Waals surface area contributed by atoms with Crippen molar-refractivity contribution in [2.45, 2.75) is 13.5 Å². The van der Waals surface area contributed by atoms with Gasteiger partial charge in [0.25, 0.3) is 5.56 Å². The summed E-state index contributed by atoms with van der Waals surface area (Å²) in [6.45, 7) is 2.34. The number of hydrogen-bond acceptors (Lipinski definition) is 6. The topological polar surface area (TPSA) is 106 Å². The third kappa shape index (κ3) is 2.69. The highest BCUT2D eigenvalue weighted by molar-refractivity contribution is 5.83. The Morgan fingerprint density at radius 2 is 1.96 bits per heavy atom. The smallest absolute Gasteiger partial charge is 0.332 e. The number of aryl methyl sites for hydroxylation is 2. The lowest BCUT2D eigenvalue weighted by molar-refractivity contribution is 0.474. The summed E-state index contributed by atoms with van der Waals surface area (Å²) in [5, 5.41) is 13.8. The maximum Gasteiger partial charge on any atom is 0.332 e. The number of phenolic OH excluding ortho intramolecular Hbond substituents is 1. The molecule has 0 unspecified atom stereocenters. The van der Waals surface area contributed by atoms with Crippen molar-refractivity contribution in [2.75, 3.05) is 5.43 Å². The second kappa shape index (κ2) is 6.27. The summed E-state index contributed by atoms with van der Waals surface area (Å²) in [6, 6.07) is 6.76. The Labute approximate surface area is 142 Å². The van der Waals surface area contributed by atoms with E-state index in [4.69, 9.17) is 0 Å². The van der Waals surface area contributed by atoms with Crippen molar-refractivity contribution in [1.82, 2.24) is 18.7 Å². The summed E-state index contributed by atoms with van der Waals surface area (Å²) < 4.78 is 4.02. The van der Waals surface area contributed by atoms with E-state index in [1.165, 1.54) is 17.8 Å². The Hall–Kier alpha value is -3.36. The fourth-order valence-corrected chi connectivity index (χ4v) is 2.60. The van der Waals surface area contributed by atoms with E-state index in [1.54, 1.807) is 35.9 Å². The third-order valence-electron chi connectivity index (χ3n) is 3.97. The molecule has 1 aromatic carbocycles. The van der Waals surface area contributed by atoms with Crippen LogP contribution in [0.2, 0.25) is 0 Å². The van der Waals surface area contributed by atoms with E-state index in [-0.39, 0.29) is 11.4 Å². The van der Waals surface area contributed by atoms with Gasteiger partial charge in [-0.3, -0.25) is 13.9 Å². The van der Waals surface area contributed by atoms with Crippen LogP contribution >= 0.6 is 0 Å². The SMILES string of the molecule is CCn1c(NN=Cc2ccccc2O)nc2c1c(=O)n(C)c(=O)n2C. The van der Waals surface area contributed by atoms with Crippen molar-refractivity contribution in [1.29, 1.82) is 0 Å². The summed E-state index contributed by atoms with van der Waals surface area (Å²) in [4.78, 5) is 28.8. The highest BCUT2D eigenvalue weighted by atomic mass is 16.3. The van der Waals surface area contributed by atoms with Gasteiger partial charge in [-0.2, -0.15) is 10.1 Å². The van der Waals surface area contributed by atoms with Crippen LogP contribution in [0.5, 0.6) is 5.75 Å². The number of hydrazone groups is 1. The minimum Gasteiger partial charge on any atom is -0.507 e. The number of fused-ring (bicyclic) bond motifs is 1. The number of hydrogen-bond donors (Lipinski definition) is 2. The summed E-state index contributed by atoms with van der Waals surface area (Å²) >= 11 is 0. The summed E-state index contributed by atoms with van der Waals surface area (Å²) in [7, 11) is 2.99. The molecule has 0 radical (unpaired) electrons. The van der Waals surface area contributed by atoms with Gasteiger partial charge in [-0.05, 0) is 19.1 Å². The number of aromatic hydroxyl groups is 1. The van der Waals surface area contributed by atoms with Gasteiger partial charge in [0.2, 0.25) is 5.95 Å². The number of para-hydroxylation sites is 1. The molecule has 0 aliphatic heterocycles. The molecule has 130 valence electrons. The lowest BCUT2D eigenvalue weighted by atomic mass is 10.2. The van der Waals surface area contributed by atoms with Crippen LogP contribution < -0.4 is 16.7 Å². The van der Waals surface area contributed by atoms with E-state index in [1.807, 2.05) is 6.92 Å². The minimum atomic E-state index is -0.442. The predicted octanol–water partition coefficient (Wildman–Crippen LogP) is 0.605.